The van der Waals surface area contributed by atoms with E-state index >= 15 is 0 Å². The first-order valence-electron chi connectivity index (χ1n) is 11.2. The molecule has 1 atom stereocenters. The topological polar surface area (TPSA) is 62.4 Å². The van der Waals surface area contributed by atoms with E-state index in [0.29, 0.717) is 25.1 Å². The minimum atomic E-state index is 0.305. The van der Waals surface area contributed by atoms with Crippen molar-refractivity contribution in [3.63, 3.8) is 0 Å². The molecule has 1 aliphatic rings. The average molecular weight is 402 g/mol. The van der Waals surface area contributed by atoms with Crippen LogP contribution in [0.2, 0.25) is 0 Å². The third-order valence-corrected chi connectivity index (χ3v) is 5.94. The first kappa shape index (κ1) is 23.3. The van der Waals surface area contributed by atoms with E-state index in [9.17, 15) is 4.79 Å². The lowest BCUT2D eigenvalue weighted by atomic mass is 9.83. The number of benzene rings is 1. The van der Waals surface area contributed by atoms with Gasteiger partial charge in [0.15, 0.2) is 0 Å². The van der Waals surface area contributed by atoms with E-state index in [-0.39, 0.29) is 0 Å². The standard InChI is InChI=1S/C24H39N3O2/c1-4-20-12-8-13-22(14-9-15-26-18-28)24(20)29-17-16-27-23(19(2)25-3)21-10-6-5-7-11-21/h8,12-13,18,21,23,25,27H,2,4-7,9-11,14-17H2,1,3H3,(H,26,28). The van der Waals surface area contributed by atoms with Crippen LogP contribution >= 0.6 is 0 Å². The Kier molecular flexibility index (Phi) is 10.6. The summed E-state index contributed by atoms with van der Waals surface area (Å²) >= 11 is 0. The van der Waals surface area contributed by atoms with Crippen molar-refractivity contribution in [1.82, 2.24) is 16.0 Å². The SMILES string of the molecule is C=C(NC)C(NCCOc1c(CC)cccc1CCCNC=O)C1CCCCC1. The van der Waals surface area contributed by atoms with Gasteiger partial charge in [0.2, 0.25) is 6.41 Å². The molecule has 1 aromatic rings. The van der Waals surface area contributed by atoms with E-state index < -0.39 is 0 Å². The van der Waals surface area contributed by atoms with Gasteiger partial charge in [-0.15, -0.1) is 0 Å². The zero-order valence-corrected chi connectivity index (χ0v) is 18.3. The lowest BCUT2D eigenvalue weighted by Crippen LogP contribution is -2.43. The lowest BCUT2D eigenvalue weighted by molar-refractivity contribution is -0.109. The molecule has 1 aromatic carbocycles. The Hall–Kier alpha value is -2.01. The Morgan fingerprint density at radius 1 is 1.24 bits per heavy atom. The van der Waals surface area contributed by atoms with E-state index in [1.807, 2.05) is 7.05 Å². The van der Waals surface area contributed by atoms with Crippen molar-refractivity contribution < 1.29 is 9.53 Å². The molecule has 0 aliphatic heterocycles. The number of amides is 1. The van der Waals surface area contributed by atoms with Crippen molar-refractivity contribution in [2.45, 2.75) is 64.3 Å². The highest BCUT2D eigenvalue weighted by molar-refractivity contribution is 5.46. The third-order valence-electron chi connectivity index (χ3n) is 5.94. The summed E-state index contributed by atoms with van der Waals surface area (Å²) in [4.78, 5) is 10.4. The molecule has 3 N–H and O–H groups in total. The van der Waals surface area contributed by atoms with Gasteiger partial charge in [0.05, 0.1) is 0 Å². The van der Waals surface area contributed by atoms with E-state index in [1.165, 1.54) is 43.2 Å². The van der Waals surface area contributed by atoms with Crippen molar-refractivity contribution >= 4 is 6.41 Å². The van der Waals surface area contributed by atoms with Crippen LogP contribution < -0.4 is 20.7 Å². The summed E-state index contributed by atoms with van der Waals surface area (Å²) in [6.07, 6.45) is 10.1. The van der Waals surface area contributed by atoms with Crippen LogP contribution in [0.1, 0.15) is 56.6 Å². The highest BCUT2D eigenvalue weighted by atomic mass is 16.5. The van der Waals surface area contributed by atoms with Crippen LogP contribution in [0.3, 0.4) is 0 Å². The summed E-state index contributed by atoms with van der Waals surface area (Å²) in [6.45, 7) is 8.52. The second-order valence-corrected chi connectivity index (χ2v) is 7.89. The number of hydrogen-bond donors (Lipinski definition) is 3. The van der Waals surface area contributed by atoms with Crippen molar-refractivity contribution in [3.05, 3.63) is 41.6 Å². The molecule has 0 heterocycles. The van der Waals surface area contributed by atoms with E-state index in [4.69, 9.17) is 4.74 Å². The fraction of sp³-hybridized carbons (Fsp3) is 0.625. The number of aryl methyl sites for hydroxylation is 2. The maximum atomic E-state index is 10.4. The molecule has 2 rings (SSSR count). The van der Waals surface area contributed by atoms with Gasteiger partial charge in [0.1, 0.15) is 12.4 Å². The van der Waals surface area contributed by atoms with Crippen LogP contribution in [0, 0.1) is 5.92 Å². The van der Waals surface area contributed by atoms with E-state index in [0.717, 1.165) is 43.7 Å². The first-order valence-corrected chi connectivity index (χ1v) is 11.2. The van der Waals surface area contributed by atoms with E-state index in [1.54, 1.807) is 0 Å². The second-order valence-electron chi connectivity index (χ2n) is 7.89. The monoisotopic (exact) mass is 401 g/mol. The molecule has 1 aliphatic carbocycles. The zero-order chi connectivity index (χ0) is 20.9. The smallest absolute Gasteiger partial charge is 0.207 e. The third kappa shape index (κ3) is 7.39. The van der Waals surface area contributed by atoms with Gasteiger partial charge >= 0.3 is 0 Å². The quantitative estimate of drug-likeness (QED) is 0.329. The normalized spacial score (nSPS) is 15.5. The fourth-order valence-electron chi connectivity index (χ4n) is 4.30. The zero-order valence-electron chi connectivity index (χ0n) is 18.3. The summed E-state index contributed by atoms with van der Waals surface area (Å²) in [6, 6.07) is 6.68. The van der Waals surface area contributed by atoms with Gasteiger partial charge in [-0.25, -0.2) is 0 Å². The number of ether oxygens (including phenoxy) is 1. The van der Waals surface area contributed by atoms with Crippen molar-refractivity contribution in [1.29, 1.82) is 0 Å². The van der Waals surface area contributed by atoms with Gasteiger partial charge in [-0.3, -0.25) is 4.79 Å². The van der Waals surface area contributed by atoms with Crippen LogP contribution in [0.5, 0.6) is 5.75 Å². The molecule has 0 saturated heterocycles. The summed E-state index contributed by atoms with van der Waals surface area (Å²) in [5.41, 5.74) is 3.55. The average Bonchev–Trinajstić information content (AvgIpc) is 2.77. The van der Waals surface area contributed by atoms with E-state index in [2.05, 4.69) is 47.7 Å². The van der Waals surface area contributed by atoms with Crippen molar-refractivity contribution in [2.75, 3.05) is 26.7 Å². The summed E-state index contributed by atoms with van der Waals surface area (Å²) < 4.78 is 6.26. The highest BCUT2D eigenvalue weighted by Crippen LogP contribution is 2.29. The molecule has 5 heteroatoms. The Bertz CT molecular complexity index is 627. The van der Waals surface area contributed by atoms with Gasteiger partial charge in [0.25, 0.3) is 0 Å². The van der Waals surface area contributed by atoms with Gasteiger partial charge in [-0.05, 0) is 49.1 Å². The molecular formula is C24H39N3O2. The van der Waals surface area contributed by atoms with Crippen LogP contribution in [-0.2, 0) is 17.6 Å². The Balaban J connectivity index is 1.91. The number of rotatable bonds is 14. The predicted molar refractivity (Wildman–Crippen MR) is 120 cm³/mol. The Morgan fingerprint density at radius 3 is 2.69 bits per heavy atom. The second kappa shape index (κ2) is 13.3. The maximum Gasteiger partial charge on any atom is 0.207 e. The first-order chi connectivity index (χ1) is 14.2. The van der Waals surface area contributed by atoms with Gasteiger partial charge < -0.3 is 20.7 Å². The summed E-state index contributed by atoms with van der Waals surface area (Å²) in [7, 11) is 1.96. The van der Waals surface area contributed by atoms with Crippen LogP contribution in [0.4, 0.5) is 0 Å². The molecule has 1 amide bonds. The molecule has 29 heavy (non-hydrogen) atoms. The van der Waals surface area contributed by atoms with Gasteiger partial charge in [-0.2, -0.15) is 0 Å². The number of likely N-dealkylation sites (N-methyl/N-ethyl adjacent to an activating group) is 1. The summed E-state index contributed by atoms with van der Waals surface area (Å²) in [5.74, 6) is 1.68. The summed E-state index contributed by atoms with van der Waals surface area (Å²) in [5, 5.41) is 9.68. The predicted octanol–water partition coefficient (Wildman–Crippen LogP) is 3.58. The Labute approximate surface area is 176 Å². The minimum absolute atomic E-state index is 0.305. The Morgan fingerprint density at radius 2 is 2.00 bits per heavy atom. The van der Waals surface area contributed by atoms with Crippen LogP contribution in [0.25, 0.3) is 0 Å². The molecule has 1 fully saturated rings. The largest absolute Gasteiger partial charge is 0.492 e. The van der Waals surface area contributed by atoms with Gasteiger partial charge in [0, 0.05) is 31.9 Å². The highest BCUT2D eigenvalue weighted by Gasteiger charge is 2.25. The molecule has 0 spiro atoms. The van der Waals surface area contributed by atoms with Crippen molar-refractivity contribution in [2.24, 2.45) is 5.92 Å². The maximum absolute atomic E-state index is 10.4. The number of hydrogen-bond acceptors (Lipinski definition) is 4. The van der Waals surface area contributed by atoms with Crippen molar-refractivity contribution in [3.8, 4) is 5.75 Å². The number of para-hydroxylation sites is 1. The number of carbonyl (C=O) groups excluding carboxylic acids is 1. The number of nitrogens with one attached hydrogen (secondary N) is 3. The molecule has 0 aromatic heterocycles. The van der Waals surface area contributed by atoms with Crippen LogP contribution in [-0.4, -0.2) is 39.2 Å². The molecule has 162 valence electrons. The molecule has 0 radical (unpaired) electrons. The molecule has 1 unspecified atom stereocenters. The van der Waals surface area contributed by atoms with Gasteiger partial charge in [-0.1, -0.05) is 51.0 Å². The lowest BCUT2D eigenvalue weighted by Gasteiger charge is -2.32. The molecule has 5 nitrogen and oxygen atoms in total. The number of carbonyl (C=O) groups is 1. The molecule has 1 saturated carbocycles. The molecule has 0 bridgehead atoms. The molecular weight excluding hydrogens is 362 g/mol. The minimum Gasteiger partial charge on any atom is -0.492 e. The fourth-order valence-corrected chi connectivity index (χ4v) is 4.30. The van der Waals surface area contributed by atoms with Crippen LogP contribution in [0.15, 0.2) is 30.5 Å².